The molecule has 0 spiro atoms. The second-order valence-corrected chi connectivity index (χ2v) is 7.84. The Morgan fingerprint density at radius 2 is 1.65 bits per heavy atom. The number of rotatable bonds is 6. The maximum atomic E-state index is 12.8. The molecule has 1 amide bonds. The first-order valence-electron chi connectivity index (χ1n) is 7.75. The first kappa shape index (κ1) is 19.7. The van der Waals surface area contributed by atoms with Crippen LogP contribution in [0.2, 0.25) is 0 Å². The van der Waals surface area contributed by atoms with Gasteiger partial charge < -0.3 is 14.4 Å². The van der Waals surface area contributed by atoms with E-state index in [1.54, 1.807) is 38.4 Å². The summed E-state index contributed by atoms with van der Waals surface area (Å²) < 4.78 is 36.4. The van der Waals surface area contributed by atoms with E-state index in [9.17, 15) is 13.2 Å². The van der Waals surface area contributed by atoms with E-state index in [-0.39, 0.29) is 22.1 Å². The highest BCUT2D eigenvalue weighted by atomic mass is 32.2. The lowest BCUT2D eigenvalue weighted by atomic mass is 10.1. The fourth-order valence-corrected chi connectivity index (χ4v) is 3.41. The third-order valence-corrected chi connectivity index (χ3v) is 5.75. The summed E-state index contributed by atoms with van der Waals surface area (Å²) in [5.41, 5.74) is 0.860. The molecule has 0 saturated carbocycles. The number of benzene rings is 2. The van der Waals surface area contributed by atoms with Crippen LogP contribution in [0.5, 0.6) is 11.5 Å². The van der Waals surface area contributed by atoms with E-state index >= 15 is 0 Å². The number of amides is 1. The van der Waals surface area contributed by atoms with Crippen LogP contribution in [0.4, 0.5) is 5.69 Å². The molecule has 2 rings (SSSR count). The van der Waals surface area contributed by atoms with Gasteiger partial charge in [-0.05, 0) is 30.3 Å². The molecule has 8 heteroatoms. The standard InChI is InChI=1S/C18H22N2O5S/c1-19(2)26(22,23)17-11-13(9-10-16(17)25-5)18(21)20(3)14-7-6-8-15(12-14)24-4/h6-12H,1-5H3. The van der Waals surface area contributed by atoms with E-state index in [0.29, 0.717) is 11.4 Å². The molecule has 0 aliphatic carbocycles. The number of hydrogen-bond acceptors (Lipinski definition) is 5. The van der Waals surface area contributed by atoms with Crippen LogP contribution in [-0.2, 0) is 10.0 Å². The van der Waals surface area contributed by atoms with E-state index in [2.05, 4.69) is 0 Å². The highest BCUT2D eigenvalue weighted by Crippen LogP contribution is 2.28. The van der Waals surface area contributed by atoms with Crippen molar-refractivity contribution in [2.75, 3.05) is 40.3 Å². The number of sulfonamides is 1. The Morgan fingerprint density at radius 1 is 0.962 bits per heavy atom. The second-order valence-electron chi connectivity index (χ2n) is 5.72. The summed E-state index contributed by atoms with van der Waals surface area (Å²) in [5.74, 6) is 0.447. The monoisotopic (exact) mass is 378 g/mol. The fraction of sp³-hybridized carbons (Fsp3) is 0.278. The van der Waals surface area contributed by atoms with Gasteiger partial charge in [0.15, 0.2) is 0 Å². The zero-order valence-corrected chi connectivity index (χ0v) is 16.2. The largest absolute Gasteiger partial charge is 0.497 e. The van der Waals surface area contributed by atoms with Gasteiger partial charge >= 0.3 is 0 Å². The Bertz CT molecular complexity index is 910. The van der Waals surface area contributed by atoms with Crippen molar-refractivity contribution in [1.82, 2.24) is 4.31 Å². The molecule has 0 N–H and O–H groups in total. The summed E-state index contributed by atoms with van der Waals surface area (Å²) in [6.45, 7) is 0. The van der Waals surface area contributed by atoms with Crippen molar-refractivity contribution in [3.8, 4) is 11.5 Å². The molecule has 2 aromatic carbocycles. The summed E-state index contributed by atoms with van der Waals surface area (Å²) >= 11 is 0. The first-order chi connectivity index (χ1) is 12.2. The summed E-state index contributed by atoms with van der Waals surface area (Å²) in [6.07, 6.45) is 0. The van der Waals surface area contributed by atoms with Crippen molar-refractivity contribution in [2.24, 2.45) is 0 Å². The van der Waals surface area contributed by atoms with E-state index in [4.69, 9.17) is 9.47 Å². The molecule has 140 valence electrons. The minimum Gasteiger partial charge on any atom is -0.497 e. The van der Waals surface area contributed by atoms with E-state index < -0.39 is 10.0 Å². The molecule has 0 saturated heterocycles. The Balaban J connectivity index is 2.46. The summed E-state index contributed by atoms with van der Waals surface area (Å²) in [5, 5.41) is 0. The Labute approximate surface area is 153 Å². The van der Waals surface area contributed by atoms with Gasteiger partial charge in [-0.15, -0.1) is 0 Å². The van der Waals surface area contributed by atoms with Crippen molar-refractivity contribution >= 4 is 21.6 Å². The molecule has 0 atom stereocenters. The molecule has 7 nitrogen and oxygen atoms in total. The van der Waals surface area contributed by atoms with Gasteiger partial charge in [-0.3, -0.25) is 4.79 Å². The SMILES string of the molecule is COc1cccc(N(C)C(=O)c2ccc(OC)c(S(=O)(=O)N(C)C)c2)c1. The third-order valence-electron chi connectivity index (χ3n) is 3.91. The van der Waals surface area contributed by atoms with Gasteiger partial charge in [-0.25, -0.2) is 12.7 Å². The van der Waals surface area contributed by atoms with Gasteiger partial charge in [0.1, 0.15) is 16.4 Å². The minimum atomic E-state index is -3.76. The fourth-order valence-electron chi connectivity index (χ4n) is 2.34. The normalized spacial score (nSPS) is 11.3. The molecule has 2 aromatic rings. The predicted molar refractivity (Wildman–Crippen MR) is 99.6 cm³/mol. The molecule has 0 aliphatic heterocycles. The second kappa shape index (κ2) is 7.76. The lowest BCUT2D eigenvalue weighted by molar-refractivity contribution is 0.0992. The number of ether oxygens (including phenoxy) is 2. The quantitative estimate of drug-likeness (QED) is 0.770. The molecule has 0 radical (unpaired) electrons. The molecule has 0 unspecified atom stereocenters. The number of anilines is 1. The van der Waals surface area contributed by atoms with Crippen molar-refractivity contribution < 1.29 is 22.7 Å². The van der Waals surface area contributed by atoms with Gasteiger partial charge in [-0.2, -0.15) is 0 Å². The van der Waals surface area contributed by atoms with Crippen LogP contribution in [-0.4, -0.2) is 54.0 Å². The van der Waals surface area contributed by atoms with Gasteiger partial charge in [0.05, 0.1) is 14.2 Å². The van der Waals surface area contributed by atoms with Crippen molar-refractivity contribution in [2.45, 2.75) is 4.90 Å². The molecule has 0 bridgehead atoms. The average molecular weight is 378 g/mol. The summed E-state index contributed by atoms with van der Waals surface area (Å²) in [6, 6.07) is 11.4. The third kappa shape index (κ3) is 3.81. The highest BCUT2D eigenvalue weighted by Gasteiger charge is 2.25. The van der Waals surface area contributed by atoms with Crippen LogP contribution in [0.1, 0.15) is 10.4 Å². The maximum absolute atomic E-state index is 12.8. The number of carbonyl (C=O) groups is 1. The van der Waals surface area contributed by atoms with E-state index in [0.717, 1.165) is 4.31 Å². The van der Waals surface area contributed by atoms with Crippen LogP contribution in [0.15, 0.2) is 47.4 Å². The van der Waals surface area contributed by atoms with Gasteiger partial charge in [0.25, 0.3) is 5.91 Å². The van der Waals surface area contributed by atoms with Crippen molar-refractivity contribution in [1.29, 1.82) is 0 Å². The van der Waals surface area contributed by atoms with Crippen LogP contribution in [0.3, 0.4) is 0 Å². The van der Waals surface area contributed by atoms with Crippen LogP contribution in [0, 0.1) is 0 Å². The zero-order valence-electron chi connectivity index (χ0n) is 15.4. The highest BCUT2D eigenvalue weighted by molar-refractivity contribution is 7.89. The van der Waals surface area contributed by atoms with Gasteiger partial charge in [0, 0.05) is 38.5 Å². The molecular weight excluding hydrogens is 356 g/mol. The summed E-state index contributed by atoms with van der Waals surface area (Å²) in [4.78, 5) is 14.2. The zero-order chi connectivity index (χ0) is 19.5. The molecule has 0 aromatic heterocycles. The number of carbonyl (C=O) groups excluding carboxylic acids is 1. The molecule has 0 heterocycles. The summed E-state index contributed by atoms with van der Waals surface area (Å²) in [7, 11) is 3.63. The van der Waals surface area contributed by atoms with Gasteiger partial charge in [-0.1, -0.05) is 6.07 Å². The number of methoxy groups -OCH3 is 2. The Hall–Kier alpha value is -2.58. The van der Waals surface area contributed by atoms with Crippen LogP contribution < -0.4 is 14.4 Å². The number of nitrogens with zero attached hydrogens (tertiary/aromatic N) is 2. The van der Waals surface area contributed by atoms with E-state index in [1.807, 2.05) is 0 Å². The van der Waals surface area contributed by atoms with Crippen LogP contribution in [0.25, 0.3) is 0 Å². The first-order valence-corrected chi connectivity index (χ1v) is 9.19. The molecular formula is C18H22N2O5S. The van der Waals surface area contributed by atoms with Crippen molar-refractivity contribution in [3.05, 3.63) is 48.0 Å². The molecule has 0 aliphatic rings. The topological polar surface area (TPSA) is 76.1 Å². The van der Waals surface area contributed by atoms with Gasteiger partial charge in [0.2, 0.25) is 10.0 Å². The minimum absolute atomic E-state index is 0.0603. The number of hydrogen-bond donors (Lipinski definition) is 0. The Kier molecular flexibility index (Phi) is 5.89. The lowest BCUT2D eigenvalue weighted by Crippen LogP contribution is -2.27. The van der Waals surface area contributed by atoms with Crippen LogP contribution >= 0.6 is 0 Å². The predicted octanol–water partition coefficient (Wildman–Crippen LogP) is 2.23. The average Bonchev–Trinajstić information content (AvgIpc) is 2.66. The lowest BCUT2D eigenvalue weighted by Gasteiger charge is -2.20. The van der Waals surface area contributed by atoms with E-state index in [1.165, 1.54) is 44.3 Å². The smallest absolute Gasteiger partial charge is 0.258 e. The Morgan fingerprint density at radius 3 is 2.23 bits per heavy atom. The molecule has 0 fully saturated rings. The van der Waals surface area contributed by atoms with Crippen molar-refractivity contribution in [3.63, 3.8) is 0 Å². The maximum Gasteiger partial charge on any atom is 0.258 e. The molecule has 26 heavy (non-hydrogen) atoms.